The van der Waals surface area contributed by atoms with Crippen molar-refractivity contribution in [3.63, 3.8) is 0 Å². The van der Waals surface area contributed by atoms with E-state index in [2.05, 4.69) is 32.4 Å². The molecule has 0 aromatic carbocycles. The third-order valence-corrected chi connectivity index (χ3v) is 5.00. The maximum absolute atomic E-state index is 5.96. The Bertz CT molecular complexity index is 962. The molecule has 3 aromatic rings. The Labute approximate surface area is 170 Å². The fourth-order valence-electron chi connectivity index (χ4n) is 3.56. The zero-order valence-corrected chi connectivity index (χ0v) is 17.0. The molecular formula is C20H28N8O. The topological polar surface area (TPSA) is 84.9 Å². The average molecular weight is 396 g/mol. The Morgan fingerprint density at radius 3 is 3.10 bits per heavy atom. The van der Waals surface area contributed by atoms with Crippen LogP contribution in [0.25, 0.3) is 5.65 Å². The highest BCUT2D eigenvalue weighted by Gasteiger charge is 2.25. The van der Waals surface area contributed by atoms with Crippen molar-refractivity contribution in [3.05, 3.63) is 48.2 Å². The standard InChI is InChI=1S/C20H28N8O/c1-3-21-20(27-11-12-29-17(15-27)16-13-23-26(2)14-16)22-9-6-8-19-25-24-18-7-4-5-10-28(18)19/h4-5,7,10,13-14,17H,3,6,8-9,11-12,15H2,1-2H3,(H,21,22). The summed E-state index contributed by atoms with van der Waals surface area (Å²) in [4.78, 5) is 7.12. The van der Waals surface area contributed by atoms with E-state index < -0.39 is 0 Å². The maximum atomic E-state index is 5.96. The van der Waals surface area contributed by atoms with E-state index in [0.29, 0.717) is 6.61 Å². The van der Waals surface area contributed by atoms with Crippen LogP contribution in [0.15, 0.2) is 41.8 Å². The highest BCUT2D eigenvalue weighted by molar-refractivity contribution is 5.80. The van der Waals surface area contributed by atoms with Gasteiger partial charge in [-0.2, -0.15) is 5.10 Å². The summed E-state index contributed by atoms with van der Waals surface area (Å²) in [5.74, 6) is 1.92. The molecule has 1 N–H and O–H groups in total. The number of fused-ring (bicyclic) bond motifs is 1. The van der Waals surface area contributed by atoms with Gasteiger partial charge in [-0.1, -0.05) is 6.07 Å². The fraction of sp³-hybridized carbons (Fsp3) is 0.500. The molecule has 0 saturated carbocycles. The summed E-state index contributed by atoms with van der Waals surface area (Å²) >= 11 is 0. The van der Waals surface area contributed by atoms with Crippen LogP contribution in [0.1, 0.15) is 30.8 Å². The van der Waals surface area contributed by atoms with E-state index in [9.17, 15) is 0 Å². The normalized spacial score (nSPS) is 17.8. The molecule has 1 fully saturated rings. The van der Waals surface area contributed by atoms with E-state index >= 15 is 0 Å². The molecule has 4 rings (SSSR count). The summed E-state index contributed by atoms with van der Waals surface area (Å²) in [5, 5.41) is 16.2. The van der Waals surface area contributed by atoms with Gasteiger partial charge < -0.3 is 15.0 Å². The second-order valence-electron chi connectivity index (χ2n) is 7.14. The number of guanidine groups is 1. The summed E-state index contributed by atoms with van der Waals surface area (Å²) in [6, 6.07) is 5.94. The predicted molar refractivity (Wildman–Crippen MR) is 111 cm³/mol. The first kappa shape index (κ1) is 19.4. The molecule has 3 aromatic heterocycles. The molecule has 0 spiro atoms. The molecule has 9 nitrogen and oxygen atoms in total. The summed E-state index contributed by atoms with van der Waals surface area (Å²) in [6.07, 6.45) is 7.67. The van der Waals surface area contributed by atoms with Gasteiger partial charge in [-0.15, -0.1) is 10.2 Å². The molecule has 4 heterocycles. The van der Waals surface area contributed by atoms with E-state index in [1.165, 1.54) is 0 Å². The van der Waals surface area contributed by atoms with Crippen LogP contribution in [-0.4, -0.2) is 68.0 Å². The molecule has 1 unspecified atom stereocenters. The van der Waals surface area contributed by atoms with Gasteiger partial charge in [-0.3, -0.25) is 14.1 Å². The van der Waals surface area contributed by atoms with Crippen molar-refractivity contribution in [2.24, 2.45) is 12.0 Å². The van der Waals surface area contributed by atoms with Crippen molar-refractivity contribution in [1.82, 2.24) is 34.6 Å². The number of morpholine rings is 1. The van der Waals surface area contributed by atoms with Crippen molar-refractivity contribution in [2.45, 2.75) is 25.9 Å². The van der Waals surface area contributed by atoms with Gasteiger partial charge in [0.25, 0.3) is 0 Å². The largest absolute Gasteiger partial charge is 0.370 e. The van der Waals surface area contributed by atoms with Gasteiger partial charge in [0.05, 0.1) is 19.3 Å². The highest BCUT2D eigenvalue weighted by Crippen LogP contribution is 2.21. The lowest BCUT2D eigenvalue weighted by atomic mass is 10.1. The van der Waals surface area contributed by atoms with E-state index in [1.54, 1.807) is 0 Å². The Morgan fingerprint density at radius 2 is 2.28 bits per heavy atom. The Balaban J connectivity index is 1.36. The number of nitrogens with zero attached hydrogens (tertiary/aromatic N) is 7. The van der Waals surface area contributed by atoms with Crippen LogP contribution < -0.4 is 5.32 Å². The van der Waals surface area contributed by atoms with Gasteiger partial charge in [0.15, 0.2) is 11.6 Å². The first-order valence-corrected chi connectivity index (χ1v) is 10.2. The number of pyridine rings is 1. The van der Waals surface area contributed by atoms with Crippen LogP contribution in [0.2, 0.25) is 0 Å². The van der Waals surface area contributed by atoms with E-state index in [1.807, 2.05) is 52.9 Å². The molecule has 29 heavy (non-hydrogen) atoms. The molecule has 0 amide bonds. The number of aliphatic imine (C=N–C) groups is 1. The molecule has 1 atom stereocenters. The number of hydrogen-bond acceptors (Lipinski definition) is 5. The molecule has 1 aliphatic heterocycles. The lowest BCUT2D eigenvalue weighted by Gasteiger charge is -2.34. The first-order chi connectivity index (χ1) is 14.2. The molecule has 0 aliphatic carbocycles. The molecule has 0 bridgehead atoms. The number of ether oxygens (including phenoxy) is 1. The molecule has 9 heteroatoms. The second kappa shape index (κ2) is 9.04. The minimum Gasteiger partial charge on any atom is -0.370 e. The quantitative estimate of drug-likeness (QED) is 0.386. The minimum atomic E-state index is 0.0173. The summed E-state index contributed by atoms with van der Waals surface area (Å²) < 4.78 is 9.80. The first-order valence-electron chi connectivity index (χ1n) is 10.2. The lowest BCUT2D eigenvalue weighted by molar-refractivity contribution is -0.00804. The van der Waals surface area contributed by atoms with Crippen molar-refractivity contribution < 1.29 is 4.74 Å². The Kier molecular flexibility index (Phi) is 6.04. The van der Waals surface area contributed by atoms with Crippen LogP contribution in [0, 0.1) is 0 Å². The Morgan fingerprint density at radius 1 is 1.34 bits per heavy atom. The van der Waals surface area contributed by atoms with Gasteiger partial charge in [0.1, 0.15) is 11.9 Å². The zero-order valence-electron chi connectivity index (χ0n) is 17.0. The van der Waals surface area contributed by atoms with Gasteiger partial charge in [-0.05, 0) is 25.5 Å². The lowest BCUT2D eigenvalue weighted by Crippen LogP contribution is -2.48. The minimum absolute atomic E-state index is 0.0173. The number of aryl methyl sites for hydroxylation is 2. The molecule has 1 saturated heterocycles. The van der Waals surface area contributed by atoms with Gasteiger partial charge in [0.2, 0.25) is 0 Å². The maximum Gasteiger partial charge on any atom is 0.194 e. The van der Waals surface area contributed by atoms with E-state index in [4.69, 9.17) is 9.73 Å². The zero-order chi connectivity index (χ0) is 20.1. The van der Waals surface area contributed by atoms with Crippen molar-refractivity contribution >= 4 is 11.6 Å². The van der Waals surface area contributed by atoms with Crippen molar-refractivity contribution in [1.29, 1.82) is 0 Å². The molecule has 0 radical (unpaired) electrons. The number of nitrogens with one attached hydrogen (secondary N) is 1. The molecule has 1 aliphatic rings. The third-order valence-electron chi connectivity index (χ3n) is 5.00. The highest BCUT2D eigenvalue weighted by atomic mass is 16.5. The van der Waals surface area contributed by atoms with E-state index in [0.717, 1.165) is 62.0 Å². The van der Waals surface area contributed by atoms with E-state index in [-0.39, 0.29) is 6.10 Å². The monoisotopic (exact) mass is 396 g/mol. The predicted octanol–water partition coefficient (Wildman–Crippen LogP) is 1.43. The summed E-state index contributed by atoms with van der Waals surface area (Å²) in [6.45, 7) is 5.94. The smallest absolute Gasteiger partial charge is 0.194 e. The van der Waals surface area contributed by atoms with Crippen molar-refractivity contribution in [3.8, 4) is 0 Å². The average Bonchev–Trinajstić information content (AvgIpc) is 3.37. The Hall–Kier alpha value is -2.94. The van der Waals surface area contributed by atoms with Crippen molar-refractivity contribution in [2.75, 3.05) is 32.8 Å². The summed E-state index contributed by atoms with van der Waals surface area (Å²) in [7, 11) is 1.92. The van der Waals surface area contributed by atoms with Crippen LogP contribution in [0.3, 0.4) is 0 Å². The molecular weight excluding hydrogens is 368 g/mol. The van der Waals surface area contributed by atoms with Crippen LogP contribution >= 0.6 is 0 Å². The molecule has 154 valence electrons. The number of hydrogen-bond donors (Lipinski definition) is 1. The SMILES string of the molecule is CCNC(=NCCCc1nnc2ccccn12)N1CCOC(c2cnn(C)c2)C1. The third kappa shape index (κ3) is 4.56. The van der Waals surface area contributed by atoms with Gasteiger partial charge in [-0.25, -0.2) is 0 Å². The van der Waals surface area contributed by atoms with Gasteiger partial charge >= 0.3 is 0 Å². The number of rotatable bonds is 6. The van der Waals surface area contributed by atoms with Gasteiger partial charge in [0, 0.05) is 51.1 Å². The van der Waals surface area contributed by atoms with Crippen LogP contribution in [-0.2, 0) is 18.2 Å². The van der Waals surface area contributed by atoms with Crippen LogP contribution in [0.5, 0.6) is 0 Å². The second-order valence-corrected chi connectivity index (χ2v) is 7.14. The van der Waals surface area contributed by atoms with Crippen LogP contribution in [0.4, 0.5) is 0 Å². The summed E-state index contributed by atoms with van der Waals surface area (Å²) in [5.41, 5.74) is 1.99. The number of aromatic nitrogens is 5. The fourth-order valence-corrected chi connectivity index (χ4v) is 3.56.